The minimum absolute atomic E-state index is 0.285. The molecule has 0 radical (unpaired) electrons. The molecule has 0 aliphatic rings. The Bertz CT molecular complexity index is 1280. The fourth-order valence-electron chi connectivity index (χ4n) is 3.91. The van der Waals surface area contributed by atoms with E-state index in [9.17, 15) is 9.59 Å². The van der Waals surface area contributed by atoms with Crippen LogP contribution in [0.25, 0.3) is 10.9 Å². The molecule has 2 aromatic heterocycles. The molecule has 0 bridgehead atoms. The predicted molar refractivity (Wildman–Crippen MR) is 135 cm³/mol. The van der Waals surface area contributed by atoms with Crippen LogP contribution in [0, 0.1) is 0 Å². The molecule has 35 heavy (non-hydrogen) atoms. The number of hydrogen-bond acceptors (Lipinski definition) is 6. The number of carbonyl (C=O) groups excluding carboxylic acids is 2. The van der Waals surface area contributed by atoms with Crippen molar-refractivity contribution in [2.45, 2.75) is 39.5 Å². The average molecular weight is 472 g/mol. The lowest BCUT2D eigenvalue weighted by Gasteiger charge is -2.26. The summed E-state index contributed by atoms with van der Waals surface area (Å²) in [5.74, 6) is 0.0462. The summed E-state index contributed by atoms with van der Waals surface area (Å²) in [6, 6.07) is 21.8. The summed E-state index contributed by atoms with van der Waals surface area (Å²) in [4.78, 5) is 32.4. The van der Waals surface area contributed by atoms with Crippen LogP contribution in [-0.4, -0.2) is 34.3 Å². The Kier molecular flexibility index (Phi) is 6.87. The topological polar surface area (TPSA) is 73.7 Å². The number of pyridine rings is 1. The number of anilines is 1. The van der Waals surface area contributed by atoms with Crippen molar-refractivity contribution in [3.8, 4) is 0 Å². The number of esters is 1. The van der Waals surface area contributed by atoms with Gasteiger partial charge in [0.1, 0.15) is 11.1 Å². The van der Waals surface area contributed by atoms with Crippen LogP contribution in [-0.2, 0) is 22.6 Å². The highest BCUT2D eigenvalue weighted by atomic mass is 16.6. The van der Waals surface area contributed by atoms with E-state index in [1.807, 2.05) is 81.4 Å². The van der Waals surface area contributed by atoms with Gasteiger partial charge in [-0.15, -0.1) is 0 Å². The second-order valence-electron chi connectivity index (χ2n) is 9.24. The highest BCUT2D eigenvalue weighted by molar-refractivity contribution is 6.08. The fraction of sp³-hybridized carbons (Fsp3) is 0.250. The van der Waals surface area contributed by atoms with E-state index in [-0.39, 0.29) is 5.56 Å². The van der Waals surface area contributed by atoms with Gasteiger partial charge in [-0.1, -0.05) is 60.7 Å². The van der Waals surface area contributed by atoms with Gasteiger partial charge in [0.25, 0.3) is 0 Å². The summed E-state index contributed by atoms with van der Waals surface area (Å²) in [5.41, 5.74) is 2.27. The van der Waals surface area contributed by atoms with Crippen LogP contribution < -0.4 is 4.90 Å². The van der Waals surface area contributed by atoms with Gasteiger partial charge in [-0.3, -0.25) is 0 Å². The van der Waals surface area contributed by atoms with Gasteiger partial charge in [0.2, 0.25) is 0 Å². The Morgan fingerprint density at radius 2 is 1.49 bits per heavy atom. The van der Waals surface area contributed by atoms with E-state index in [2.05, 4.69) is 9.88 Å². The van der Waals surface area contributed by atoms with Gasteiger partial charge >= 0.3 is 12.1 Å². The van der Waals surface area contributed by atoms with Crippen molar-refractivity contribution in [3.05, 3.63) is 95.8 Å². The Balaban J connectivity index is 1.89. The van der Waals surface area contributed by atoms with Gasteiger partial charge < -0.3 is 14.4 Å². The first-order valence-electron chi connectivity index (χ1n) is 11.4. The van der Waals surface area contributed by atoms with Gasteiger partial charge in [0.15, 0.2) is 5.82 Å². The lowest BCUT2D eigenvalue weighted by atomic mass is 10.1. The molecule has 180 valence electrons. The van der Waals surface area contributed by atoms with Crippen molar-refractivity contribution in [3.63, 3.8) is 0 Å². The van der Waals surface area contributed by atoms with Crippen molar-refractivity contribution in [2.75, 3.05) is 12.0 Å². The Morgan fingerprint density at radius 3 is 2.00 bits per heavy atom. The van der Waals surface area contributed by atoms with Crippen molar-refractivity contribution in [1.29, 1.82) is 0 Å². The van der Waals surface area contributed by atoms with Crippen LogP contribution in [0.2, 0.25) is 0 Å². The molecule has 0 fully saturated rings. The molecule has 0 N–H and O–H groups in total. The van der Waals surface area contributed by atoms with Gasteiger partial charge in [-0.2, -0.15) is 0 Å². The monoisotopic (exact) mass is 471 g/mol. The van der Waals surface area contributed by atoms with E-state index in [1.54, 1.807) is 12.3 Å². The molecule has 0 saturated carbocycles. The molecule has 2 heterocycles. The van der Waals surface area contributed by atoms with Crippen molar-refractivity contribution < 1.29 is 19.1 Å². The number of ether oxygens (including phenoxy) is 2. The first-order chi connectivity index (χ1) is 16.8. The van der Waals surface area contributed by atoms with Crippen LogP contribution in [0.15, 0.2) is 79.1 Å². The normalized spacial score (nSPS) is 11.3. The molecule has 0 amide bonds. The molecule has 0 atom stereocenters. The molecule has 4 aromatic rings. The zero-order valence-corrected chi connectivity index (χ0v) is 20.4. The van der Waals surface area contributed by atoms with Crippen LogP contribution in [0.1, 0.15) is 42.3 Å². The zero-order chi connectivity index (χ0) is 25.0. The predicted octanol–water partition coefficient (Wildman–Crippen LogP) is 5.81. The van der Waals surface area contributed by atoms with E-state index in [0.717, 1.165) is 11.1 Å². The average Bonchev–Trinajstić information content (AvgIpc) is 3.28. The number of nitrogens with zero attached hydrogens (tertiary/aromatic N) is 3. The highest BCUT2D eigenvalue weighted by Gasteiger charge is 2.26. The van der Waals surface area contributed by atoms with E-state index in [1.165, 1.54) is 17.9 Å². The first-order valence-corrected chi connectivity index (χ1v) is 11.4. The Labute approximate surface area is 204 Å². The van der Waals surface area contributed by atoms with Gasteiger partial charge in [-0.25, -0.2) is 19.1 Å². The second kappa shape index (κ2) is 10.0. The molecule has 4 rings (SSSR count). The second-order valence-corrected chi connectivity index (χ2v) is 9.24. The molecular weight excluding hydrogens is 442 g/mol. The molecule has 7 heteroatoms. The minimum atomic E-state index is -0.686. The summed E-state index contributed by atoms with van der Waals surface area (Å²) in [6.45, 7) is 6.54. The van der Waals surface area contributed by atoms with E-state index in [4.69, 9.17) is 9.47 Å². The van der Waals surface area contributed by atoms with E-state index < -0.39 is 17.7 Å². The molecule has 0 aliphatic carbocycles. The SMILES string of the molecule is COC(=O)c1cnc(N(Cc2ccccc2)Cc2ccccc2)c2c1ccn2C(=O)OC(C)(C)C. The van der Waals surface area contributed by atoms with Crippen molar-refractivity contribution in [2.24, 2.45) is 0 Å². The van der Waals surface area contributed by atoms with Gasteiger partial charge in [0.05, 0.1) is 12.7 Å². The largest absolute Gasteiger partial charge is 0.465 e. The van der Waals surface area contributed by atoms with E-state index in [0.29, 0.717) is 29.8 Å². The van der Waals surface area contributed by atoms with Crippen LogP contribution in [0.5, 0.6) is 0 Å². The number of benzene rings is 2. The number of methoxy groups -OCH3 is 1. The fourth-order valence-corrected chi connectivity index (χ4v) is 3.91. The third-order valence-corrected chi connectivity index (χ3v) is 5.43. The molecule has 2 aromatic carbocycles. The number of aromatic nitrogens is 2. The minimum Gasteiger partial charge on any atom is -0.465 e. The van der Waals surface area contributed by atoms with Gasteiger partial charge in [-0.05, 0) is 38.0 Å². The summed E-state index contributed by atoms with van der Waals surface area (Å²) >= 11 is 0. The number of hydrogen-bond donors (Lipinski definition) is 0. The third-order valence-electron chi connectivity index (χ3n) is 5.43. The van der Waals surface area contributed by atoms with Crippen LogP contribution in [0.4, 0.5) is 10.6 Å². The lowest BCUT2D eigenvalue weighted by Crippen LogP contribution is -2.28. The first kappa shape index (κ1) is 24.0. The maximum Gasteiger partial charge on any atom is 0.419 e. The van der Waals surface area contributed by atoms with Crippen LogP contribution in [0.3, 0.4) is 0 Å². The molecule has 0 aliphatic heterocycles. The lowest BCUT2D eigenvalue weighted by molar-refractivity contribution is 0.0542. The number of fused-ring (bicyclic) bond motifs is 1. The maximum absolute atomic E-state index is 13.2. The van der Waals surface area contributed by atoms with Crippen LogP contribution >= 0.6 is 0 Å². The molecular formula is C28H29N3O4. The summed E-state index contributed by atoms with van der Waals surface area (Å²) in [6.07, 6.45) is 2.57. The smallest absolute Gasteiger partial charge is 0.419 e. The van der Waals surface area contributed by atoms with Gasteiger partial charge in [0, 0.05) is 30.9 Å². The zero-order valence-electron chi connectivity index (χ0n) is 20.4. The molecule has 0 unspecified atom stereocenters. The Morgan fingerprint density at radius 1 is 0.914 bits per heavy atom. The maximum atomic E-state index is 13.2. The summed E-state index contributed by atoms with van der Waals surface area (Å²) < 4.78 is 12.0. The van der Waals surface area contributed by atoms with Crippen molar-refractivity contribution >= 4 is 28.8 Å². The highest BCUT2D eigenvalue weighted by Crippen LogP contribution is 2.31. The summed E-state index contributed by atoms with van der Waals surface area (Å²) in [7, 11) is 1.32. The quantitative estimate of drug-likeness (QED) is 0.330. The van der Waals surface area contributed by atoms with Crippen molar-refractivity contribution in [1.82, 2.24) is 9.55 Å². The number of rotatable bonds is 6. The Hall–Kier alpha value is -4.13. The molecule has 0 spiro atoms. The standard InChI is InChI=1S/C28H29N3O4/c1-28(2,3)35-27(33)31-16-15-22-23(26(32)34-4)17-29-25(24(22)31)30(18-20-11-7-5-8-12-20)19-21-13-9-6-10-14-21/h5-17H,18-19H2,1-4H3. The third kappa shape index (κ3) is 5.51. The number of carbonyl (C=O) groups is 2. The molecule has 0 saturated heterocycles. The molecule has 7 nitrogen and oxygen atoms in total. The summed E-state index contributed by atoms with van der Waals surface area (Å²) in [5, 5.41) is 0.568. The van der Waals surface area contributed by atoms with E-state index >= 15 is 0 Å².